The van der Waals surface area contributed by atoms with Gasteiger partial charge < -0.3 is 15.1 Å². The lowest BCUT2D eigenvalue weighted by molar-refractivity contribution is -0.139. The summed E-state index contributed by atoms with van der Waals surface area (Å²) in [6.07, 6.45) is 8.92. The highest BCUT2D eigenvalue weighted by molar-refractivity contribution is 6.09. The van der Waals surface area contributed by atoms with Crippen molar-refractivity contribution in [3.63, 3.8) is 0 Å². The van der Waals surface area contributed by atoms with E-state index in [1.807, 2.05) is 92.0 Å². The molecule has 3 atom stereocenters. The molecule has 2 aliphatic heterocycles. The molecule has 0 spiro atoms. The Kier molecular flexibility index (Phi) is 8.47. The minimum atomic E-state index is -1.83. The second kappa shape index (κ2) is 12.6. The summed E-state index contributed by atoms with van der Waals surface area (Å²) in [5, 5.41) is 30.6. The molecule has 2 aliphatic rings. The van der Waals surface area contributed by atoms with Crippen LogP contribution in [-0.4, -0.2) is 50.2 Å². The number of amides is 2. The van der Waals surface area contributed by atoms with E-state index in [4.69, 9.17) is 0 Å². The number of benzene rings is 3. The van der Waals surface area contributed by atoms with Gasteiger partial charge in [0.25, 0.3) is 5.91 Å². The molecule has 3 heterocycles. The predicted molar refractivity (Wildman–Crippen MR) is 173 cm³/mol. The Hall–Kier alpha value is -4.86. The van der Waals surface area contributed by atoms with Gasteiger partial charge in [0.1, 0.15) is 0 Å². The van der Waals surface area contributed by atoms with Crippen molar-refractivity contribution in [2.75, 3.05) is 23.0 Å². The van der Waals surface area contributed by atoms with Gasteiger partial charge in [0.2, 0.25) is 5.91 Å². The first-order chi connectivity index (χ1) is 21.9. The van der Waals surface area contributed by atoms with Crippen molar-refractivity contribution < 1.29 is 19.8 Å². The van der Waals surface area contributed by atoms with Gasteiger partial charge in [-0.3, -0.25) is 19.2 Å². The van der Waals surface area contributed by atoms with Crippen molar-refractivity contribution in [2.24, 2.45) is 5.92 Å². The number of aromatic nitrogens is 3. The Morgan fingerprint density at radius 1 is 1.02 bits per heavy atom. The van der Waals surface area contributed by atoms with Gasteiger partial charge in [-0.15, -0.1) is 11.7 Å². The van der Waals surface area contributed by atoms with Crippen LogP contribution >= 0.6 is 0 Å². The number of hydrogen-bond acceptors (Lipinski definition) is 6. The van der Waals surface area contributed by atoms with E-state index in [1.165, 1.54) is 0 Å². The number of anilines is 3. The van der Waals surface area contributed by atoms with Gasteiger partial charge in [0.05, 0.1) is 29.6 Å². The molecule has 2 N–H and O–H groups in total. The Morgan fingerprint density at radius 2 is 1.80 bits per heavy atom. The van der Waals surface area contributed by atoms with Crippen molar-refractivity contribution in [2.45, 2.75) is 44.2 Å². The zero-order valence-electron chi connectivity index (χ0n) is 25.3. The minimum Gasteiger partial charge on any atom is -0.395 e. The summed E-state index contributed by atoms with van der Waals surface area (Å²) >= 11 is 0. The summed E-state index contributed by atoms with van der Waals surface area (Å²) in [6, 6.07) is 23.0. The maximum absolute atomic E-state index is 13.8. The smallest absolute Gasteiger partial charge is 0.264 e. The lowest BCUT2D eigenvalue weighted by Gasteiger charge is -2.31. The molecule has 0 aliphatic carbocycles. The second-order valence-electron chi connectivity index (χ2n) is 11.6. The summed E-state index contributed by atoms with van der Waals surface area (Å²) < 4.78 is 1.73. The van der Waals surface area contributed by atoms with Crippen LogP contribution in [0.3, 0.4) is 0 Å². The molecule has 1 unspecified atom stereocenters. The van der Waals surface area contributed by atoms with E-state index in [2.05, 4.69) is 16.9 Å². The van der Waals surface area contributed by atoms with Gasteiger partial charge in [0, 0.05) is 42.9 Å². The first-order valence-corrected chi connectivity index (χ1v) is 15.3. The number of carbonyl (C=O) groups excluding carboxylic acids is 2. The Labute approximate surface area is 262 Å². The lowest BCUT2D eigenvalue weighted by atomic mass is 9.82. The van der Waals surface area contributed by atoms with Gasteiger partial charge >= 0.3 is 0 Å². The zero-order chi connectivity index (χ0) is 31.6. The van der Waals surface area contributed by atoms with Crippen molar-refractivity contribution in [1.82, 2.24) is 15.0 Å². The first kappa shape index (κ1) is 30.2. The third-order valence-electron chi connectivity index (χ3n) is 8.82. The van der Waals surface area contributed by atoms with Crippen LogP contribution in [0.25, 0.3) is 0 Å². The molecule has 2 amide bonds. The Bertz CT molecular complexity index is 1750. The maximum atomic E-state index is 13.8. The number of nitrogens with zero attached hydrogens (tertiary/aromatic N) is 5. The van der Waals surface area contributed by atoms with Gasteiger partial charge in [-0.1, -0.05) is 78.9 Å². The number of carbonyl (C=O) groups is 2. The number of para-hydroxylation sites is 1. The van der Waals surface area contributed by atoms with Gasteiger partial charge in [0.15, 0.2) is 5.60 Å². The number of aliphatic hydroxyl groups excluding tert-OH is 1. The fraction of sp³-hybridized carbons (Fsp3) is 0.278. The highest BCUT2D eigenvalue weighted by atomic mass is 16.3. The average Bonchev–Trinajstić information content (AvgIpc) is 3.61. The molecule has 0 saturated heterocycles. The van der Waals surface area contributed by atoms with E-state index in [-0.39, 0.29) is 25.0 Å². The summed E-state index contributed by atoms with van der Waals surface area (Å²) in [7, 11) is 0. The summed E-state index contributed by atoms with van der Waals surface area (Å²) in [4.78, 5) is 30.2. The third-order valence-corrected chi connectivity index (χ3v) is 8.82. The fourth-order valence-corrected chi connectivity index (χ4v) is 6.38. The average molecular weight is 604 g/mol. The van der Waals surface area contributed by atoms with Crippen LogP contribution in [0.15, 0.2) is 104 Å². The van der Waals surface area contributed by atoms with Crippen LogP contribution in [0, 0.1) is 5.92 Å². The monoisotopic (exact) mass is 603 g/mol. The molecule has 0 bridgehead atoms. The normalized spacial score (nSPS) is 19.1. The molecule has 9 heteroatoms. The number of fused-ring (bicyclic) bond motifs is 2. The van der Waals surface area contributed by atoms with Crippen LogP contribution in [0.2, 0.25) is 0 Å². The van der Waals surface area contributed by atoms with Crippen LogP contribution in [0.1, 0.15) is 48.1 Å². The summed E-state index contributed by atoms with van der Waals surface area (Å²) in [5.74, 6) is -1.27. The van der Waals surface area contributed by atoms with Gasteiger partial charge in [-0.25, -0.2) is 0 Å². The molecule has 9 nitrogen and oxygen atoms in total. The van der Waals surface area contributed by atoms with E-state index in [9.17, 15) is 19.8 Å². The molecule has 6 rings (SSSR count). The molecule has 45 heavy (non-hydrogen) atoms. The number of aryl methyl sites for hydroxylation is 2. The highest BCUT2D eigenvalue weighted by Gasteiger charge is 2.52. The second-order valence-corrected chi connectivity index (χ2v) is 11.6. The lowest BCUT2D eigenvalue weighted by Crippen LogP contribution is -2.44. The highest BCUT2D eigenvalue weighted by Crippen LogP contribution is 2.47. The Morgan fingerprint density at radius 3 is 2.58 bits per heavy atom. The fourth-order valence-electron chi connectivity index (χ4n) is 6.38. The van der Waals surface area contributed by atoms with Crippen molar-refractivity contribution in [3.05, 3.63) is 126 Å². The van der Waals surface area contributed by atoms with E-state index >= 15 is 0 Å². The molecule has 1 aromatic heterocycles. The zero-order valence-corrected chi connectivity index (χ0v) is 25.3. The molecular formula is C36H37N5O4. The summed E-state index contributed by atoms with van der Waals surface area (Å²) in [5.41, 5.74) is 3.44. The number of allylic oxidation sites excluding steroid dienone is 1. The van der Waals surface area contributed by atoms with Gasteiger partial charge in [-0.2, -0.15) is 0 Å². The number of aliphatic hydroxyl groups is 2. The topological polar surface area (TPSA) is 112 Å². The molecule has 230 valence electrons. The molecule has 3 aromatic carbocycles. The quantitative estimate of drug-likeness (QED) is 0.233. The van der Waals surface area contributed by atoms with Crippen molar-refractivity contribution in [1.29, 1.82) is 0 Å². The van der Waals surface area contributed by atoms with E-state index in [0.29, 0.717) is 48.4 Å². The minimum absolute atomic E-state index is 0.0252. The third kappa shape index (κ3) is 5.49. The summed E-state index contributed by atoms with van der Waals surface area (Å²) in [6.45, 7) is 6.34. The van der Waals surface area contributed by atoms with Gasteiger partial charge in [-0.05, 0) is 48.2 Å². The van der Waals surface area contributed by atoms with Crippen LogP contribution in [-0.2, 0) is 28.2 Å². The van der Waals surface area contributed by atoms with Crippen LogP contribution in [0.5, 0.6) is 0 Å². The van der Waals surface area contributed by atoms with E-state index < -0.39 is 17.4 Å². The van der Waals surface area contributed by atoms with Crippen molar-refractivity contribution >= 4 is 28.9 Å². The van der Waals surface area contributed by atoms with Crippen molar-refractivity contribution in [3.8, 4) is 0 Å². The predicted octanol–water partition coefficient (Wildman–Crippen LogP) is 5.02. The molecule has 0 fully saturated rings. The Balaban J connectivity index is 1.22. The SMILES string of the molecule is C=CCN1C(=O)[C@@](O)([C@@H](C)/C=C/CCn2cc(C(CO)c3ccccc3)nn2)c2cc(N3C(=O)CCc4ccccc43)ccc21. The standard InChI is InChI=1S/C36H37N5O4/c1-3-20-40-33-18-17-28(41-32-15-8-7-14-27(32)16-19-34(41)43)22-30(33)36(45,35(40)44)25(2)11-9-10-21-39-23-31(37-38-39)29(24-42)26-12-5-4-6-13-26/h3-9,11-15,17-18,22-23,25,29,42,45H,1,10,16,19-21,24H2,2H3/b11-9+/t25-,29?,36+/m0/s1. The molecule has 4 aromatic rings. The number of rotatable bonds is 11. The number of hydrogen-bond donors (Lipinski definition) is 2. The van der Waals surface area contributed by atoms with E-state index in [1.54, 1.807) is 26.6 Å². The first-order valence-electron chi connectivity index (χ1n) is 15.3. The molecular weight excluding hydrogens is 566 g/mol. The largest absolute Gasteiger partial charge is 0.395 e. The molecule has 0 saturated carbocycles. The maximum Gasteiger partial charge on any atom is 0.264 e. The molecule has 0 radical (unpaired) electrons. The van der Waals surface area contributed by atoms with E-state index in [0.717, 1.165) is 16.8 Å². The van der Waals surface area contributed by atoms with Crippen LogP contribution < -0.4 is 9.80 Å². The van der Waals surface area contributed by atoms with Crippen LogP contribution in [0.4, 0.5) is 17.1 Å².